The Hall–Kier alpha value is -3.38. The van der Waals surface area contributed by atoms with Crippen molar-refractivity contribution in [3.8, 4) is 16.9 Å². The van der Waals surface area contributed by atoms with E-state index in [9.17, 15) is 4.79 Å². The first-order valence-corrected chi connectivity index (χ1v) is 14.2. The fraction of sp³-hybridized carbons (Fsp3) is 0.231. The lowest BCUT2D eigenvalue weighted by molar-refractivity contribution is -0.129. The Balaban J connectivity index is 1.89. The van der Waals surface area contributed by atoms with E-state index in [2.05, 4.69) is 31.8 Å². The SMILES string of the molecule is COc1cccc(-c2cccc(C3(c4ccc([Si](C)(C)C)cc4)N=C(N)N(C)C3=O)c2)c1. The van der Waals surface area contributed by atoms with Gasteiger partial charge in [0.05, 0.1) is 15.2 Å². The first-order valence-electron chi connectivity index (χ1n) is 10.7. The Morgan fingerprint density at radius 3 is 2.09 bits per heavy atom. The number of carbonyl (C=O) groups excluding carboxylic acids is 1. The Bertz CT molecular complexity index is 1200. The van der Waals surface area contributed by atoms with Crippen LogP contribution in [0.25, 0.3) is 11.1 Å². The van der Waals surface area contributed by atoms with Gasteiger partial charge in [-0.15, -0.1) is 0 Å². The van der Waals surface area contributed by atoms with Crippen LogP contribution < -0.4 is 15.7 Å². The first-order chi connectivity index (χ1) is 15.2. The lowest BCUT2D eigenvalue weighted by Gasteiger charge is -2.27. The number of aliphatic imine (C=N–C) groups is 1. The van der Waals surface area contributed by atoms with E-state index in [-0.39, 0.29) is 11.9 Å². The second-order valence-corrected chi connectivity index (χ2v) is 14.3. The van der Waals surface area contributed by atoms with Crippen LogP contribution in [0.2, 0.25) is 19.6 Å². The molecule has 1 aliphatic heterocycles. The molecule has 164 valence electrons. The number of amides is 1. The number of guanidine groups is 1. The molecule has 2 N–H and O–H groups in total. The number of methoxy groups -OCH3 is 1. The monoisotopic (exact) mass is 443 g/mol. The highest BCUT2D eigenvalue weighted by Crippen LogP contribution is 2.40. The molecule has 1 amide bonds. The predicted molar refractivity (Wildman–Crippen MR) is 133 cm³/mol. The number of hydrogen-bond acceptors (Lipinski definition) is 4. The second kappa shape index (κ2) is 7.95. The van der Waals surface area contributed by atoms with Gasteiger partial charge in [-0.1, -0.05) is 79.4 Å². The summed E-state index contributed by atoms with van der Waals surface area (Å²) in [5.41, 5.74) is 8.54. The highest BCUT2D eigenvalue weighted by molar-refractivity contribution is 6.88. The maximum Gasteiger partial charge on any atom is 0.266 e. The van der Waals surface area contributed by atoms with Crippen LogP contribution in [0.15, 0.2) is 77.8 Å². The molecule has 0 bridgehead atoms. The largest absolute Gasteiger partial charge is 0.497 e. The van der Waals surface area contributed by atoms with Gasteiger partial charge in [0, 0.05) is 7.05 Å². The van der Waals surface area contributed by atoms with Gasteiger partial charge in [-0.25, -0.2) is 4.99 Å². The maximum atomic E-state index is 13.6. The molecule has 0 saturated heterocycles. The lowest BCUT2D eigenvalue weighted by Crippen LogP contribution is -2.42. The third-order valence-electron chi connectivity index (χ3n) is 6.09. The minimum Gasteiger partial charge on any atom is -0.497 e. The van der Waals surface area contributed by atoms with Crippen molar-refractivity contribution in [1.82, 2.24) is 4.90 Å². The van der Waals surface area contributed by atoms with Crippen molar-refractivity contribution < 1.29 is 9.53 Å². The molecular weight excluding hydrogens is 414 g/mol. The van der Waals surface area contributed by atoms with Crippen LogP contribution >= 0.6 is 0 Å². The van der Waals surface area contributed by atoms with Crippen molar-refractivity contribution in [2.24, 2.45) is 10.7 Å². The van der Waals surface area contributed by atoms with E-state index in [1.165, 1.54) is 10.1 Å². The molecule has 1 unspecified atom stereocenters. The number of nitrogens with two attached hydrogens (primary N) is 1. The maximum absolute atomic E-state index is 13.6. The van der Waals surface area contributed by atoms with Gasteiger partial charge in [-0.05, 0) is 40.5 Å². The summed E-state index contributed by atoms with van der Waals surface area (Å²) in [6, 6.07) is 24.1. The predicted octanol–water partition coefficient (Wildman–Crippen LogP) is 3.94. The minimum atomic E-state index is -1.47. The van der Waals surface area contributed by atoms with Gasteiger partial charge < -0.3 is 10.5 Å². The summed E-state index contributed by atoms with van der Waals surface area (Å²) in [7, 11) is 1.85. The fourth-order valence-electron chi connectivity index (χ4n) is 4.12. The van der Waals surface area contributed by atoms with E-state index >= 15 is 0 Å². The molecule has 0 aliphatic carbocycles. The van der Waals surface area contributed by atoms with Gasteiger partial charge in [0.15, 0.2) is 11.5 Å². The number of ether oxygens (including phenoxy) is 1. The molecule has 1 atom stereocenters. The van der Waals surface area contributed by atoms with Crippen LogP contribution in [-0.2, 0) is 10.3 Å². The molecule has 3 aromatic carbocycles. The molecule has 0 spiro atoms. The lowest BCUT2D eigenvalue weighted by atomic mass is 9.81. The highest BCUT2D eigenvalue weighted by Gasteiger charge is 2.49. The van der Waals surface area contributed by atoms with Gasteiger partial charge in [-0.2, -0.15) is 0 Å². The molecule has 0 aromatic heterocycles. The third-order valence-corrected chi connectivity index (χ3v) is 8.16. The van der Waals surface area contributed by atoms with Gasteiger partial charge >= 0.3 is 0 Å². The molecule has 3 aromatic rings. The van der Waals surface area contributed by atoms with Crippen LogP contribution in [0.5, 0.6) is 5.75 Å². The molecule has 32 heavy (non-hydrogen) atoms. The minimum absolute atomic E-state index is 0.154. The Kier molecular flexibility index (Phi) is 5.42. The van der Waals surface area contributed by atoms with Crippen molar-refractivity contribution in [1.29, 1.82) is 0 Å². The zero-order valence-electron chi connectivity index (χ0n) is 19.2. The summed E-state index contributed by atoms with van der Waals surface area (Å²) in [6.07, 6.45) is 0. The zero-order valence-corrected chi connectivity index (χ0v) is 20.2. The summed E-state index contributed by atoms with van der Waals surface area (Å²) < 4.78 is 5.38. The Morgan fingerprint density at radius 1 is 0.906 bits per heavy atom. The quantitative estimate of drug-likeness (QED) is 0.608. The summed E-state index contributed by atoms with van der Waals surface area (Å²) in [6.45, 7) is 6.92. The number of carbonyl (C=O) groups is 1. The van der Waals surface area contributed by atoms with Crippen LogP contribution in [0.3, 0.4) is 0 Å². The smallest absolute Gasteiger partial charge is 0.266 e. The number of rotatable bonds is 5. The summed E-state index contributed by atoms with van der Waals surface area (Å²) >= 11 is 0. The summed E-state index contributed by atoms with van der Waals surface area (Å²) in [5.74, 6) is 0.845. The number of nitrogens with zero attached hydrogens (tertiary/aromatic N) is 2. The van der Waals surface area contributed by atoms with Gasteiger partial charge in [0.2, 0.25) is 0 Å². The average molecular weight is 444 g/mol. The summed E-state index contributed by atoms with van der Waals surface area (Å²) in [4.78, 5) is 19.8. The van der Waals surface area contributed by atoms with Crippen molar-refractivity contribution in [3.63, 3.8) is 0 Å². The van der Waals surface area contributed by atoms with Crippen molar-refractivity contribution in [2.75, 3.05) is 14.2 Å². The standard InChI is InChI=1S/C26H29N3O2Si/c1-29-24(30)26(28-25(29)27,20-12-14-23(15-13-20)32(3,4)5)21-10-6-8-18(16-21)19-9-7-11-22(17-19)31-2/h6-17H,1-5H3,(H2,27,28). The van der Waals surface area contributed by atoms with E-state index in [0.717, 1.165) is 28.0 Å². The van der Waals surface area contributed by atoms with Crippen molar-refractivity contribution >= 4 is 25.1 Å². The number of hydrogen-bond donors (Lipinski definition) is 1. The van der Waals surface area contributed by atoms with Crippen LogP contribution in [0.4, 0.5) is 0 Å². The topological polar surface area (TPSA) is 67.9 Å². The van der Waals surface area contributed by atoms with E-state index in [0.29, 0.717) is 0 Å². The van der Waals surface area contributed by atoms with Crippen molar-refractivity contribution in [3.05, 3.63) is 83.9 Å². The molecular formula is C26H29N3O2Si. The Morgan fingerprint density at radius 2 is 1.53 bits per heavy atom. The third kappa shape index (κ3) is 3.60. The molecule has 1 aliphatic rings. The fourth-order valence-corrected chi connectivity index (χ4v) is 5.29. The molecule has 0 fully saturated rings. The Labute approximate surface area is 190 Å². The van der Waals surface area contributed by atoms with Gasteiger partial charge in [0.25, 0.3) is 5.91 Å². The molecule has 4 rings (SSSR count). The molecule has 5 nitrogen and oxygen atoms in total. The van der Waals surface area contributed by atoms with E-state index in [4.69, 9.17) is 15.5 Å². The van der Waals surface area contributed by atoms with Crippen LogP contribution in [0, 0.1) is 0 Å². The van der Waals surface area contributed by atoms with Gasteiger partial charge in [0.1, 0.15) is 5.75 Å². The average Bonchev–Trinajstić information content (AvgIpc) is 3.03. The molecule has 0 radical (unpaired) electrons. The van der Waals surface area contributed by atoms with Crippen molar-refractivity contribution in [2.45, 2.75) is 25.2 Å². The zero-order chi connectivity index (χ0) is 23.1. The van der Waals surface area contributed by atoms with E-state index < -0.39 is 13.6 Å². The van der Waals surface area contributed by atoms with Crippen LogP contribution in [-0.4, -0.2) is 39.0 Å². The highest BCUT2D eigenvalue weighted by atomic mass is 28.3. The number of benzene rings is 3. The summed E-state index contributed by atoms with van der Waals surface area (Å²) in [5, 5.41) is 1.33. The first kappa shape index (κ1) is 21.8. The van der Waals surface area contributed by atoms with E-state index in [1.54, 1.807) is 14.2 Å². The van der Waals surface area contributed by atoms with Gasteiger partial charge in [-0.3, -0.25) is 9.69 Å². The van der Waals surface area contributed by atoms with Crippen LogP contribution in [0.1, 0.15) is 11.1 Å². The van der Waals surface area contributed by atoms with E-state index in [1.807, 2.05) is 60.7 Å². The molecule has 0 saturated carbocycles. The molecule has 1 heterocycles. The molecule has 6 heteroatoms. The normalized spacial score (nSPS) is 18.6. The number of likely N-dealkylation sites (N-methyl/N-ethyl adjacent to an activating group) is 1. The second-order valence-electron chi connectivity index (χ2n) is 9.18.